The van der Waals surface area contributed by atoms with E-state index < -0.39 is 9.84 Å². The first-order valence-corrected chi connectivity index (χ1v) is 10.9. The van der Waals surface area contributed by atoms with Crippen molar-refractivity contribution in [3.8, 4) is 0 Å². The molecule has 30 heavy (non-hydrogen) atoms. The van der Waals surface area contributed by atoms with Gasteiger partial charge < -0.3 is 15.4 Å². The number of nitrogens with zero attached hydrogens (tertiary/aromatic N) is 1. The van der Waals surface area contributed by atoms with Gasteiger partial charge in [0.25, 0.3) is 0 Å². The van der Waals surface area contributed by atoms with Crippen LogP contribution < -0.4 is 10.6 Å². The van der Waals surface area contributed by atoms with E-state index in [2.05, 4.69) is 15.6 Å². The molecule has 0 saturated heterocycles. The highest BCUT2D eigenvalue weighted by atomic mass is 32.2. The highest BCUT2D eigenvalue weighted by Gasteiger charge is 2.17. The minimum Gasteiger partial charge on any atom is -0.377 e. The predicted molar refractivity (Wildman–Crippen MR) is 114 cm³/mol. The summed E-state index contributed by atoms with van der Waals surface area (Å²) in [7, 11) is -3.64. The molecule has 0 spiro atoms. The lowest BCUT2D eigenvalue weighted by atomic mass is 10.2. The zero-order chi connectivity index (χ0) is 21.4. The predicted octanol–water partition coefficient (Wildman–Crippen LogP) is 3.77. The van der Waals surface area contributed by atoms with Gasteiger partial charge in [0.2, 0.25) is 9.84 Å². The van der Waals surface area contributed by atoms with Crippen molar-refractivity contribution in [1.82, 2.24) is 10.3 Å². The minimum atomic E-state index is -3.64. The minimum absolute atomic E-state index is 0.154. The Morgan fingerprint density at radius 1 is 0.967 bits per heavy atom. The normalized spacial score (nSPS) is 11.1. The summed E-state index contributed by atoms with van der Waals surface area (Å²) in [6.45, 7) is 3.29. The fourth-order valence-electron chi connectivity index (χ4n) is 2.70. The molecule has 7 nitrogen and oxygen atoms in total. The van der Waals surface area contributed by atoms with E-state index in [-0.39, 0.29) is 15.8 Å². The molecule has 0 saturated carbocycles. The van der Waals surface area contributed by atoms with Crippen LogP contribution in [-0.2, 0) is 27.7 Å². The summed E-state index contributed by atoms with van der Waals surface area (Å²) in [4.78, 5) is 16.4. The number of carbonyl (C=O) groups is 1. The molecule has 0 radical (unpaired) electrons. The van der Waals surface area contributed by atoms with Gasteiger partial charge in [-0.05, 0) is 60.5 Å². The van der Waals surface area contributed by atoms with E-state index in [1.165, 1.54) is 12.1 Å². The van der Waals surface area contributed by atoms with Crippen LogP contribution in [0.1, 0.15) is 18.1 Å². The van der Waals surface area contributed by atoms with Crippen LogP contribution >= 0.6 is 0 Å². The summed E-state index contributed by atoms with van der Waals surface area (Å²) in [6.07, 6.45) is 3.33. The third-order valence-electron chi connectivity index (χ3n) is 4.30. The molecule has 2 aromatic carbocycles. The molecule has 0 aliphatic rings. The van der Waals surface area contributed by atoms with Gasteiger partial charge in [-0.2, -0.15) is 0 Å². The fraction of sp³-hybridized carbons (Fsp3) is 0.182. The monoisotopic (exact) mass is 425 g/mol. The number of nitrogens with one attached hydrogen (secondary N) is 2. The summed E-state index contributed by atoms with van der Waals surface area (Å²) >= 11 is 0. The molecule has 2 amide bonds. The fourth-order valence-corrected chi connectivity index (χ4v) is 3.96. The Balaban J connectivity index is 1.61. The molecule has 0 unspecified atom stereocenters. The van der Waals surface area contributed by atoms with Gasteiger partial charge in [0.1, 0.15) is 0 Å². The number of rotatable bonds is 8. The molecule has 1 aromatic heterocycles. The maximum absolute atomic E-state index is 12.8. The number of hydrogen-bond donors (Lipinski definition) is 2. The lowest BCUT2D eigenvalue weighted by Crippen LogP contribution is -2.28. The number of ether oxygens (including phenoxy) is 1. The maximum Gasteiger partial charge on any atom is 0.319 e. The van der Waals surface area contributed by atoms with Crippen LogP contribution in [0.25, 0.3) is 0 Å². The van der Waals surface area contributed by atoms with E-state index in [9.17, 15) is 13.2 Å². The average Bonchev–Trinajstić information content (AvgIpc) is 2.77. The van der Waals surface area contributed by atoms with E-state index in [0.29, 0.717) is 25.4 Å². The van der Waals surface area contributed by atoms with Crippen LogP contribution in [0, 0.1) is 0 Å². The largest absolute Gasteiger partial charge is 0.377 e. The second kappa shape index (κ2) is 10.00. The Kier molecular flexibility index (Phi) is 7.16. The molecule has 0 aliphatic heterocycles. The maximum atomic E-state index is 12.8. The molecule has 2 N–H and O–H groups in total. The molecule has 3 aromatic rings. The van der Waals surface area contributed by atoms with Crippen LogP contribution in [0.15, 0.2) is 82.8 Å². The van der Waals surface area contributed by atoms with Gasteiger partial charge in [0.05, 0.1) is 16.4 Å². The van der Waals surface area contributed by atoms with Crippen molar-refractivity contribution >= 4 is 21.6 Å². The molecule has 0 atom stereocenters. The highest BCUT2D eigenvalue weighted by molar-refractivity contribution is 7.91. The lowest BCUT2D eigenvalue weighted by Gasteiger charge is -2.09. The van der Waals surface area contributed by atoms with E-state index in [0.717, 1.165) is 11.1 Å². The molecule has 1 heterocycles. The van der Waals surface area contributed by atoms with Crippen molar-refractivity contribution < 1.29 is 17.9 Å². The number of benzene rings is 2. The molecule has 0 bridgehead atoms. The second-order valence-corrected chi connectivity index (χ2v) is 8.43. The van der Waals surface area contributed by atoms with Crippen molar-refractivity contribution in [1.29, 1.82) is 0 Å². The van der Waals surface area contributed by atoms with Crippen molar-refractivity contribution in [3.05, 3.63) is 84.2 Å². The third-order valence-corrected chi connectivity index (χ3v) is 6.09. The third kappa shape index (κ3) is 5.65. The number of hydrogen-bond acceptors (Lipinski definition) is 5. The van der Waals surface area contributed by atoms with Gasteiger partial charge in [-0.25, -0.2) is 13.2 Å². The Morgan fingerprint density at radius 2 is 1.63 bits per heavy atom. The quantitative estimate of drug-likeness (QED) is 0.573. The van der Waals surface area contributed by atoms with Crippen molar-refractivity contribution in [2.75, 3.05) is 11.9 Å². The molecule has 156 valence electrons. The van der Waals surface area contributed by atoms with Gasteiger partial charge in [0, 0.05) is 31.2 Å². The molecule has 8 heteroatoms. The van der Waals surface area contributed by atoms with Gasteiger partial charge in [-0.1, -0.05) is 18.2 Å². The lowest BCUT2D eigenvalue weighted by molar-refractivity contribution is 0.134. The summed E-state index contributed by atoms with van der Waals surface area (Å²) < 4.78 is 31.0. The van der Waals surface area contributed by atoms with Gasteiger partial charge in [0.15, 0.2) is 0 Å². The number of carbonyl (C=O) groups excluding carboxylic acids is 1. The smallest absolute Gasteiger partial charge is 0.319 e. The Morgan fingerprint density at radius 3 is 2.23 bits per heavy atom. The number of aromatic nitrogens is 1. The highest BCUT2D eigenvalue weighted by Crippen LogP contribution is 2.23. The zero-order valence-corrected chi connectivity index (χ0v) is 17.4. The van der Waals surface area contributed by atoms with E-state index in [1.54, 1.807) is 54.9 Å². The molecule has 3 rings (SSSR count). The van der Waals surface area contributed by atoms with E-state index >= 15 is 0 Å². The Bertz CT molecular complexity index is 1070. The van der Waals surface area contributed by atoms with Crippen LogP contribution in [0.2, 0.25) is 0 Å². The Labute approximate surface area is 176 Å². The molecule has 0 aliphatic carbocycles. The number of sulfone groups is 1. The number of urea groups is 1. The second-order valence-electron chi connectivity index (χ2n) is 6.48. The van der Waals surface area contributed by atoms with Gasteiger partial charge >= 0.3 is 6.03 Å². The van der Waals surface area contributed by atoms with E-state index in [4.69, 9.17) is 4.74 Å². The first-order valence-electron chi connectivity index (χ1n) is 9.44. The van der Waals surface area contributed by atoms with Gasteiger partial charge in [-0.15, -0.1) is 0 Å². The van der Waals surface area contributed by atoms with Crippen LogP contribution in [-0.4, -0.2) is 26.0 Å². The molecule has 0 fully saturated rings. The topological polar surface area (TPSA) is 97.4 Å². The number of pyridine rings is 1. The van der Waals surface area contributed by atoms with Crippen LogP contribution in [0.3, 0.4) is 0 Å². The first kappa shape index (κ1) is 21.5. The van der Waals surface area contributed by atoms with Gasteiger partial charge in [-0.3, -0.25) is 4.98 Å². The summed E-state index contributed by atoms with van der Waals surface area (Å²) in [5.74, 6) is 0. The molecular formula is C22H23N3O4S. The number of anilines is 1. The summed E-state index contributed by atoms with van der Waals surface area (Å²) in [5, 5.41) is 5.40. The zero-order valence-electron chi connectivity index (χ0n) is 16.5. The summed E-state index contributed by atoms with van der Waals surface area (Å²) in [5.41, 5.74) is 2.28. The first-order chi connectivity index (χ1) is 14.5. The van der Waals surface area contributed by atoms with Crippen molar-refractivity contribution in [2.24, 2.45) is 0 Å². The van der Waals surface area contributed by atoms with Crippen molar-refractivity contribution in [2.45, 2.75) is 29.9 Å². The van der Waals surface area contributed by atoms with E-state index in [1.807, 2.05) is 13.0 Å². The van der Waals surface area contributed by atoms with Crippen LogP contribution in [0.5, 0.6) is 0 Å². The Hall–Kier alpha value is -3.23. The van der Waals surface area contributed by atoms with Crippen LogP contribution in [0.4, 0.5) is 10.5 Å². The number of amides is 2. The summed E-state index contributed by atoms with van der Waals surface area (Å²) in [6, 6.07) is 15.9. The standard InChI is InChI=1S/C22H23N3O4S/c1-2-29-16-17-5-9-20(10-6-17)30(27,28)21-11-7-19(8-12-21)25-22(26)24-15-18-4-3-13-23-14-18/h3-14H,2,15-16H2,1H3,(H2,24,25,26). The average molecular weight is 426 g/mol. The molecular weight excluding hydrogens is 402 g/mol. The SMILES string of the molecule is CCOCc1ccc(S(=O)(=O)c2ccc(NC(=O)NCc3cccnc3)cc2)cc1. The van der Waals surface area contributed by atoms with Crippen molar-refractivity contribution in [3.63, 3.8) is 0 Å².